The number of aliphatic hydroxyl groups is 2. The lowest BCUT2D eigenvalue weighted by Gasteiger charge is -1.99. The molecular weight excluding hydrogens is 124 g/mol. The van der Waals surface area contributed by atoms with E-state index in [0.717, 1.165) is 0 Å². The minimum absolute atomic E-state index is 0.282. The van der Waals surface area contributed by atoms with Crippen LogP contribution in [0.25, 0.3) is 0 Å². The normalized spacial score (nSPS) is 25.7. The van der Waals surface area contributed by atoms with Crippen LogP contribution in [0.3, 0.4) is 0 Å². The van der Waals surface area contributed by atoms with Gasteiger partial charge in [-0.3, -0.25) is 0 Å². The molecule has 0 saturated carbocycles. The molecule has 1 rings (SSSR count). The third-order valence-electron chi connectivity index (χ3n) is 0.991. The number of esters is 1. The van der Waals surface area contributed by atoms with Crippen molar-refractivity contribution in [3.05, 3.63) is 11.8 Å². The fourth-order valence-corrected chi connectivity index (χ4v) is 0.566. The van der Waals surface area contributed by atoms with Gasteiger partial charge in [-0.05, 0) is 0 Å². The predicted octanol–water partition coefficient (Wildman–Crippen LogP) is -0.654. The Kier molecular flexibility index (Phi) is 1.40. The van der Waals surface area contributed by atoms with Crippen molar-refractivity contribution in [2.24, 2.45) is 0 Å². The van der Waals surface area contributed by atoms with Gasteiger partial charge in [-0.15, -0.1) is 0 Å². The van der Waals surface area contributed by atoms with Gasteiger partial charge in [-0.25, -0.2) is 4.79 Å². The predicted molar refractivity (Wildman–Crippen MR) is 27.7 cm³/mol. The first-order valence-electron chi connectivity index (χ1n) is 2.46. The van der Waals surface area contributed by atoms with Crippen LogP contribution >= 0.6 is 0 Å². The van der Waals surface area contributed by atoms with Crippen molar-refractivity contribution in [3.8, 4) is 0 Å². The first-order valence-corrected chi connectivity index (χ1v) is 2.46. The number of carbonyl (C=O) groups is 1. The third kappa shape index (κ3) is 1.02. The van der Waals surface area contributed by atoms with E-state index in [2.05, 4.69) is 4.74 Å². The highest BCUT2D eigenvalue weighted by molar-refractivity contribution is 5.88. The van der Waals surface area contributed by atoms with Crippen LogP contribution in [0.15, 0.2) is 11.8 Å². The van der Waals surface area contributed by atoms with Gasteiger partial charge in [0.25, 0.3) is 0 Å². The van der Waals surface area contributed by atoms with Crippen molar-refractivity contribution in [2.45, 2.75) is 6.10 Å². The Hall–Kier alpha value is -1.03. The van der Waals surface area contributed by atoms with E-state index in [4.69, 9.17) is 10.2 Å². The molecule has 1 atom stereocenters. The van der Waals surface area contributed by atoms with Crippen molar-refractivity contribution in [1.29, 1.82) is 0 Å². The van der Waals surface area contributed by atoms with Crippen LogP contribution in [0.1, 0.15) is 0 Å². The molecule has 0 aromatic carbocycles. The van der Waals surface area contributed by atoms with Gasteiger partial charge in [-0.2, -0.15) is 0 Å². The molecule has 0 saturated heterocycles. The molecule has 1 heterocycles. The molecule has 1 aliphatic heterocycles. The second-order valence-corrected chi connectivity index (χ2v) is 1.68. The molecule has 9 heavy (non-hydrogen) atoms. The molecule has 0 radical (unpaired) electrons. The summed E-state index contributed by atoms with van der Waals surface area (Å²) in [5.74, 6) is -1.19. The second kappa shape index (κ2) is 2.06. The Morgan fingerprint density at radius 1 is 1.78 bits per heavy atom. The molecule has 0 unspecified atom stereocenters. The number of ether oxygens (including phenoxy) is 1. The maximum Gasteiger partial charge on any atom is 0.373 e. The van der Waals surface area contributed by atoms with E-state index in [1.165, 1.54) is 6.08 Å². The Morgan fingerprint density at radius 3 is 2.67 bits per heavy atom. The van der Waals surface area contributed by atoms with E-state index in [0.29, 0.717) is 0 Å². The fourth-order valence-electron chi connectivity index (χ4n) is 0.566. The highest BCUT2D eigenvalue weighted by Crippen LogP contribution is 2.09. The van der Waals surface area contributed by atoms with Gasteiger partial charge in [0.05, 0.1) is 6.61 Å². The number of rotatable bonds is 1. The number of aliphatic hydroxyl groups excluding tert-OH is 2. The fraction of sp³-hybridized carbons (Fsp3) is 0.400. The lowest BCUT2D eigenvalue weighted by molar-refractivity contribution is -0.143. The number of carbonyl (C=O) groups excluding carboxylic acids is 1. The maximum absolute atomic E-state index is 10.3. The van der Waals surface area contributed by atoms with Crippen molar-refractivity contribution in [1.82, 2.24) is 0 Å². The van der Waals surface area contributed by atoms with Crippen LogP contribution in [0.5, 0.6) is 0 Å². The van der Waals surface area contributed by atoms with Gasteiger partial charge in [0.15, 0.2) is 0 Å². The Bertz CT molecular complexity index is 160. The standard InChI is InChI=1S/C5H6O4/c6-2-3-1-4(7)5(8)9-3/h1,3,6-7H,2H2/t3-/m0/s1. The number of cyclic esters (lactones) is 1. The molecule has 0 aromatic rings. The van der Waals surface area contributed by atoms with Crippen molar-refractivity contribution >= 4 is 5.97 Å². The van der Waals surface area contributed by atoms with Gasteiger partial charge in [-0.1, -0.05) is 0 Å². The molecule has 0 aromatic heterocycles. The largest absolute Gasteiger partial charge is 0.502 e. The molecule has 2 N–H and O–H groups in total. The summed E-state index contributed by atoms with van der Waals surface area (Å²) >= 11 is 0. The Morgan fingerprint density at radius 2 is 2.44 bits per heavy atom. The van der Waals surface area contributed by atoms with E-state index in [1.54, 1.807) is 0 Å². The van der Waals surface area contributed by atoms with Gasteiger partial charge in [0.2, 0.25) is 5.76 Å². The van der Waals surface area contributed by atoms with Crippen LogP contribution in [0.2, 0.25) is 0 Å². The molecule has 1 aliphatic rings. The van der Waals surface area contributed by atoms with Crippen LogP contribution in [-0.4, -0.2) is 28.9 Å². The maximum atomic E-state index is 10.3. The molecular formula is C5H6O4. The number of hydrogen-bond acceptors (Lipinski definition) is 4. The van der Waals surface area contributed by atoms with Gasteiger partial charge in [0.1, 0.15) is 6.10 Å². The van der Waals surface area contributed by atoms with Crippen LogP contribution in [0.4, 0.5) is 0 Å². The second-order valence-electron chi connectivity index (χ2n) is 1.68. The molecule has 0 aliphatic carbocycles. The molecule has 4 heteroatoms. The van der Waals surface area contributed by atoms with Crippen molar-refractivity contribution in [2.75, 3.05) is 6.61 Å². The lowest BCUT2D eigenvalue weighted by Crippen LogP contribution is -2.11. The van der Waals surface area contributed by atoms with Crippen LogP contribution in [-0.2, 0) is 9.53 Å². The van der Waals surface area contributed by atoms with Gasteiger partial charge >= 0.3 is 5.97 Å². The first kappa shape index (κ1) is 6.10. The van der Waals surface area contributed by atoms with E-state index >= 15 is 0 Å². The zero-order valence-corrected chi connectivity index (χ0v) is 4.57. The minimum atomic E-state index is -0.769. The van der Waals surface area contributed by atoms with E-state index in [1.807, 2.05) is 0 Å². The zero-order valence-electron chi connectivity index (χ0n) is 4.57. The molecule has 50 valence electrons. The van der Waals surface area contributed by atoms with Crippen LogP contribution < -0.4 is 0 Å². The molecule has 0 bridgehead atoms. The smallest absolute Gasteiger partial charge is 0.373 e. The summed E-state index contributed by atoms with van der Waals surface area (Å²) in [5.41, 5.74) is 0. The van der Waals surface area contributed by atoms with Gasteiger partial charge < -0.3 is 14.9 Å². The number of hydrogen-bond donors (Lipinski definition) is 2. The molecule has 0 fully saturated rings. The third-order valence-corrected chi connectivity index (χ3v) is 0.991. The van der Waals surface area contributed by atoms with Crippen LogP contribution in [0, 0.1) is 0 Å². The Labute approximate surface area is 51.4 Å². The van der Waals surface area contributed by atoms with Crippen molar-refractivity contribution < 1.29 is 19.7 Å². The summed E-state index contributed by atoms with van der Waals surface area (Å²) in [6, 6.07) is 0. The molecule has 0 spiro atoms. The topological polar surface area (TPSA) is 66.8 Å². The van der Waals surface area contributed by atoms with E-state index in [9.17, 15) is 4.79 Å². The average molecular weight is 130 g/mol. The molecule has 0 amide bonds. The zero-order chi connectivity index (χ0) is 6.85. The SMILES string of the molecule is O=C1O[C@H](CO)C=C1O. The summed E-state index contributed by atoms with van der Waals surface area (Å²) in [6.45, 7) is -0.282. The lowest BCUT2D eigenvalue weighted by atomic mass is 10.3. The summed E-state index contributed by atoms with van der Waals surface area (Å²) in [6.07, 6.45) is 0.514. The first-order chi connectivity index (χ1) is 4.24. The summed E-state index contributed by atoms with van der Waals surface area (Å²) in [5, 5.41) is 16.9. The summed E-state index contributed by atoms with van der Waals surface area (Å²) < 4.78 is 4.39. The highest BCUT2D eigenvalue weighted by atomic mass is 16.6. The van der Waals surface area contributed by atoms with E-state index in [-0.39, 0.29) is 6.61 Å². The average Bonchev–Trinajstić information content (AvgIpc) is 2.13. The van der Waals surface area contributed by atoms with Crippen molar-refractivity contribution in [3.63, 3.8) is 0 Å². The monoisotopic (exact) mass is 130 g/mol. The van der Waals surface area contributed by atoms with E-state index < -0.39 is 17.8 Å². The summed E-state index contributed by atoms with van der Waals surface area (Å²) in [7, 11) is 0. The minimum Gasteiger partial charge on any atom is -0.502 e. The Balaban J connectivity index is 2.62. The quantitative estimate of drug-likeness (QED) is 0.463. The molecule has 4 nitrogen and oxygen atoms in total. The highest BCUT2D eigenvalue weighted by Gasteiger charge is 2.23. The summed E-state index contributed by atoms with van der Waals surface area (Å²) in [4.78, 5) is 10.3. The van der Waals surface area contributed by atoms with Gasteiger partial charge in [0, 0.05) is 6.08 Å².